The highest BCUT2D eigenvalue weighted by Crippen LogP contribution is 2.24. The normalized spacial score (nSPS) is 9.89. The lowest BCUT2D eigenvalue weighted by Crippen LogP contribution is -2.25. The molecular formula is C12H18N4O3. The van der Waals surface area contributed by atoms with E-state index in [9.17, 15) is 9.90 Å². The largest absolute Gasteiger partial charge is 0.504 e. The second kappa shape index (κ2) is 7.10. The molecule has 0 fully saturated rings. The average Bonchev–Trinajstić information content (AvgIpc) is 2.36. The first-order valence-electron chi connectivity index (χ1n) is 5.86. The van der Waals surface area contributed by atoms with Crippen molar-refractivity contribution in [2.24, 2.45) is 16.5 Å². The first-order valence-corrected chi connectivity index (χ1v) is 5.86. The second-order valence-electron chi connectivity index (χ2n) is 3.97. The number of benzene rings is 1. The van der Waals surface area contributed by atoms with Gasteiger partial charge in [0.1, 0.15) is 0 Å². The maximum Gasteiger partial charge on any atom is 0.251 e. The van der Waals surface area contributed by atoms with Crippen molar-refractivity contribution in [1.29, 1.82) is 0 Å². The van der Waals surface area contributed by atoms with Gasteiger partial charge in [0.25, 0.3) is 5.91 Å². The van der Waals surface area contributed by atoms with Crippen molar-refractivity contribution >= 4 is 11.9 Å². The number of hydrogen-bond donors (Lipinski definition) is 5. The summed E-state index contributed by atoms with van der Waals surface area (Å²) in [6.07, 6.45) is 1.51. The van der Waals surface area contributed by atoms with E-state index in [1.165, 1.54) is 18.2 Å². The summed E-state index contributed by atoms with van der Waals surface area (Å²) < 4.78 is 0. The maximum atomic E-state index is 11.7. The molecule has 0 bridgehead atoms. The van der Waals surface area contributed by atoms with Crippen molar-refractivity contribution in [3.05, 3.63) is 23.8 Å². The molecule has 0 spiro atoms. The van der Waals surface area contributed by atoms with Crippen molar-refractivity contribution in [1.82, 2.24) is 5.32 Å². The first kappa shape index (κ1) is 14.6. The number of amides is 1. The molecule has 1 amide bonds. The fourth-order valence-electron chi connectivity index (χ4n) is 1.41. The van der Waals surface area contributed by atoms with Crippen LogP contribution in [-0.2, 0) is 0 Å². The van der Waals surface area contributed by atoms with Crippen LogP contribution in [0.4, 0.5) is 0 Å². The summed E-state index contributed by atoms with van der Waals surface area (Å²) in [5, 5.41) is 21.1. The van der Waals surface area contributed by atoms with E-state index >= 15 is 0 Å². The quantitative estimate of drug-likeness (QED) is 0.212. The monoisotopic (exact) mass is 266 g/mol. The van der Waals surface area contributed by atoms with Crippen LogP contribution in [-0.4, -0.2) is 35.2 Å². The summed E-state index contributed by atoms with van der Waals surface area (Å²) >= 11 is 0. The maximum absolute atomic E-state index is 11.7. The van der Waals surface area contributed by atoms with Crippen LogP contribution in [0.2, 0.25) is 0 Å². The zero-order valence-corrected chi connectivity index (χ0v) is 10.5. The van der Waals surface area contributed by atoms with Crippen LogP contribution in [0.15, 0.2) is 23.2 Å². The third-order valence-electron chi connectivity index (χ3n) is 2.40. The molecule has 1 aromatic rings. The predicted molar refractivity (Wildman–Crippen MR) is 72.0 cm³/mol. The van der Waals surface area contributed by atoms with Crippen LogP contribution >= 0.6 is 0 Å². The van der Waals surface area contributed by atoms with Gasteiger partial charge in [-0.05, 0) is 31.0 Å². The van der Waals surface area contributed by atoms with Gasteiger partial charge in [0, 0.05) is 18.7 Å². The highest BCUT2D eigenvalue weighted by molar-refractivity contribution is 5.94. The van der Waals surface area contributed by atoms with E-state index in [0.29, 0.717) is 18.7 Å². The van der Waals surface area contributed by atoms with Gasteiger partial charge in [0.15, 0.2) is 17.5 Å². The molecule has 0 saturated carbocycles. The standard InChI is InChI=1S/C12H18N4O3/c13-12(14)16-6-2-1-5-15-11(19)8-3-4-9(17)10(18)7-8/h3-4,7,17-18H,1-2,5-6H2,(H,15,19)(H4,13,14,16). The Morgan fingerprint density at radius 1 is 1.21 bits per heavy atom. The number of nitrogens with two attached hydrogens (primary N) is 2. The number of carbonyl (C=O) groups excluding carboxylic acids is 1. The van der Waals surface area contributed by atoms with Crippen molar-refractivity contribution in [2.45, 2.75) is 12.8 Å². The Morgan fingerprint density at radius 2 is 1.95 bits per heavy atom. The molecule has 0 aliphatic carbocycles. The number of nitrogens with zero attached hydrogens (tertiary/aromatic N) is 1. The number of unbranched alkanes of at least 4 members (excludes halogenated alkanes) is 1. The van der Waals surface area contributed by atoms with Gasteiger partial charge in [-0.1, -0.05) is 0 Å². The molecule has 7 N–H and O–H groups in total. The number of aromatic hydroxyl groups is 2. The topological polar surface area (TPSA) is 134 Å². The molecule has 1 rings (SSSR count). The van der Waals surface area contributed by atoms with Crippen molar-refractivity contribution < 1.29 is 15.0 Å². The van der Waals surface area contributed by atoms with Gasteiger partial charge in [0.05, 0.1) is 0 Å². The van der Waals surface area contributed by atoms with E-state index in [0.717, 1.165) is 12.8 Å². The molecule has 0 unspecified atom stereocenters. The van der Waals surface area contributed by atoms with E-state index < -0.39 is 0 Å². The number of phenolic OH excluding ortho intramolecular Hbond substituents is 2. The SMILES string of the molecule is NC(N)=NCCCCNC(=O)c1ccc(O)c(O)c1. The van der Waals surface area contributed by atoms with Crippen LogP contribution in [0.1, 0.15) is 23.2 Å². The molecule has 0 radical (unpaired) electrons. The summed E-state index contributed by atoms with van der Waals surface area (Å²) in [6.45, 7) is 1.01. The Hall–Kier alpha value is -2.44. The third-order valence-corrected chi connectivity index (χ3v) is 2.40. The van der Waals surface area contributed by atoms with Gasteiger partial charge >= 0.3 is 0 Å². The summed E-state index contributed by atoms with van der Waals surface area (Å²) in [5.74, 6) is -0.824. The number of guanidine groups is 1. The number of rotatable bonds is 6. The number of phenols is 2. The Morgan fingerprint density at radius 3 is 2.58 bits per heavy atom. The fraction of sp³-hybridized carbons (Fsp3) is 0.333. The van der Waals surface area contributed by atoms with Crippen LogP contribution in [0.25, 0.3) is 0 Å². The minimum absolute atomic E-state index is 0.0589. The average molecular weight is 266 g/mol. The molecule has 7 nitrogen and oxygen atoms in total. The Kier molecular flexibility index (Phi) is 5.46. The molecule has 0 aliphatic rings. The Bertz CT molecular complexity index is 470. The number of nitrogens with one attached hydrogen (secondary N) is 1. The van der Waals surface area contributed by atoms with E-state index in [-0.39, 0.29) is 23.4 Å². The molecular weight excluding hydrogens is 248 g/mol. The number of carbonyl (C=O) groups is 1. The number of aliphatic imine (C=N–C) groups is 1. The molecule has 104 valence electrons. The summed E-state index contributed by atoms with van der Waals surface area (Å²) in [7, 11) is 0. The molecule has 1 aromatic carbocycles. The van der Waals surface area contributed by atoms with Gasteiger partial charge in [-0.3, -0.25) is 9.79 Å². The lowest BCUT2D eigenvalue weighted by atomic mass is 10.2. The first-order chi connectivity index (χ1) is 9.00. The van der Waals surface area contributed by atoms with E-state index in [4.69, 9.17) is 16.6 Å². The van der Waals surface area contributed by atoms with Gasteiger partial charge in [-0.25, -0.2) is 0 Å². The van der Waals surface area contributed by atoms with Gasteiger partial charge in [-0.2, -0.15) is 0 Å². The zero-order chi connectivity index (χ0) is 14.3. The second-order valence-corrected chi connectivity index (χ2v) is 3.97. The number of hydrogen-bond acceptors (Lipinski definition) is 4. The Balaban J connectivity index is 2.31. The van der Waals surface area contributed by atoms with Crippen LogP contribution in [0.5, 0.6) is 11.5 Å². The van der Waals surface area contributed by atoms with E-state index in [2.05, 4.69) is 10.3 Å². The van der Waals surface area contributed by atoms with Crippen LogP contribution in [0.3, 0.4) is 0 Å². The lowest BCUT2D eigenvalue weighted by Gasteiger charge is -2.05. The highest BCUT2D eigenvalue weighted by atomic mass is 16.3. The molecule has 0 aromatic heterocycles. The summed E-state index contributed by atoms with van der Waals surface area (Å²) in [5.41, 5.74) is 10.6. The zero-order valence-electron chi connectivity index (χ0n) is 10.5. The fourth-order valence-corrected chi connectivity index (χ4v) is 1.41. The van der Waals surface area contributed by atoms with Crippen LogP contribution in [0, 0.1) is 0 Å². The minimum atomic E-state index is -0.319. The third kappa shape index (κ3) is 5.15. The minimum Gasteiger partial charge on any atom is -0.504 e. The predicted octanol–water partition coefficient (Wildman–Crippen LogP) is -0.119. The van der Waals surface area contributed by atoms with Crippen molar-refractivity contribution in [3.63, 3.8) is 0 Å². The van der Waals surface area contributed by atoms with E-state index in [1.54, 1.807) is 0 Å². The Labute approximate surface area is 110 Å². The van der Waals surface area contributed by atoms with Gasteiger partial charge in [-0.15, -0.1) is 0 Å². The molecule has 0 aliphatic heterocycles. The van der Waals surface area contributed by atoms with Crippen LogP contribution < -0.4 is 16.8 Å². The molecule has 0 heterocycles. The molecule has 19 heavy (non-hydrogen) atoms. The highest BCUT2D eigenvalue weighted by Gasteiger charge is 2.07. The van der Waals surface area contributed by atoms with Crippen molar-refractivity contribution in [3.8, 4) is 11.5 Å². The molecule has 7 heteroatoms. The van der Waals surface area contributed by atoms with Gasteiger partial charge < -0.3 is 27.0 Å². The summed E-state index contributed by atoms with van der Waals surface area (Å²) in [6, 6.07) is 3.91. The van der Waals surface area contributed by atoms with Gasteiger partial charge in [0.2, 0.25) is 0 Å². The molecule has 0 saturated heterocycles. The van der Waals surface area contributed by atoms with E-state index in [1.807, 2.05) is 0 Å². The van der Waals surface area contributed by atoms with Crippen molar-refractivity contribution in [2.75, 3.05) is 13.1 Å². The summed E-state index contributed by atoms with van der Waals surface area (Å²) in [4.78, 5) is 15.5. The molecule has 0 atom stereocenters. The smallest absolute Gasteiger partial charge is 0.251 e. The lowest BCUT2D eigenvalue weighted by molar-refractivity contribution is 0.0952.